The number of benzene rings is 1. The standard InChI is InChI=1S/C12H10ClN3O3S/c1-6-7(2)20-12(14-6)15-11(17)9-4-3-8(13)5-10(9)16(18)19/h3-5H,1-2H3,(H,14,15,17). The summed E-state index contributed by atoms with van der Waals surface area (Å²) in [6, 6.07) is 3.90. The summed E-state index contributed by atoms with van der Waals surface area (Å²) in [6.45, 7) is 3.71. The maximum Gasteiger partial charge on any atom is 0.283 e. The summed E-state index contributed by atoms with van der Waals surface area (Å²) in [5.41, 5.74) is 0.431. The zero-order chi connectivity index (χ0) is 14.9. The van der Waals surface area contributed by atoms with Crippen molar-refractivity contribution in [3.8, 4) is 0 Å². The Morgan fingerprint density at radius 3 is 2.70 bits per heavy atom. The van der Waals surface area contributed by atoms with E-state index in [0.717, 1.165) is 16.6 Å². The highest BCUT2D eigenvalue weighted by Gasteiger charge is 2.21. The summed E-state index contributed by atoms with van der Waals surface area (Å²) >= 11 is 7.02. The van der Waals surface area contributed by atoms with E-state index in [0.29, 0.717) is 5.13 Å². The number of carbonyl (C=O) groups is 1. The minimum absolute atomic E-state index is 0.0510. The molecule has 1 amide bonds. The zero-order valence-electron chi connectivity index (χ0n) is 10.6. The Balaban J connectivity index is 2.31. The second kappa shape index (κ2) is 5.56. The number of rotatable bonds is 3. The molecule has 8 heteroatoms. The van der Waals surface area contributed by atoms with Crippen LogP contribution in [0, 0.1) is 24.0 Å². The van der Waals surface area contributed by atoms with Gasteiger partial charge in [0.2, 0.25) is 0 Å². The molecule has 6 nitrogen and oxygen atoms in total. The van der Waals surface area contributed by atoms with Crippen LogP contribution in [0.4, 0.5) is 10.8 Å². The van der Waals surface area contributed by atoms with Crippen LogP contribution in [0.3, 0.4) is 0 Å². The largest absolute Gasteiger partial charge is 0.298 e. The number of nitrogens with one attached hydrogen (secondary N) is 1. The first kappa shape index (κ1) is 14.4. The highest BCUT2D eigenvalue weighted by molar-refractivity contribution is 7.15. The van der Waals surface area contributed by atoms with Crippen molar-refractivity contribution in [1.82, 2.24) is 4.98 Å². The quantitative estimate of drug-likeness (QED) is 0.693. The molecule has 0 saturated carbocycles. The number of hydrogen-bond acceptors (Lipinski definition) is 5. The Hall–Kier alpha value is -1.99. The number of aromatic nitrogens is 1. The SMILES string of the molecule is Cc1nc(NC(=O)c2ccc(Cl)cc2[N+](=O)[O-])sc1C. The Morgan fingerprint density at radius 2 is 2.15 bits per heavy atom. The summed E-state index contributed by atoms with van der Waals surface area (Å²) in [7, 11) is 0. The molecule has 0 aliphatic carbocycles. The van der Waals surface area contributed by atoms with E-state index in [4.69, 9.17) is 11.6 Å². The Kier molecular flexibility index (Phi) is 4.01. The van der Waals surface area contributed by atoms with E-state index >= 15 is 0 Å². The van der Waals surface area contributed by atoms with Gasteiger partial charge in [-0.1, -0.05) is 11.6 Å². The number of thiazole rings is 1. The van der Waals surface area contributed by atoms with Gasteiger partial charge in [-0.25, -0.2) is 4.98 Å². The van der Waals surface area contributed by atoms with Gasteiger partial charge in [-0.15, -0.1) is 11.3 Å². The number of anilines is 1. The van der Waals surface area contributed by atoms with Gasteiger partial charge < -0.3 is 0 Å². The van der Waals surface area contributed by atoms with Gasteiger partial charge in [0.15, 0.2) is 5.13 Å². The Bertz CT molecular complexity index is 680. The molecule has 104 valence electrons. The van der Waals surface area contributed by atoms with Crippen molar-refractivity contribution in [2.75, 3.05) is 5.32 Å². The molecular weight excluding hydrogens is 302 g/mol. The van der Waals surface area contributed by atoms with E-state index in [1.165, 1.54) is 23.5 Å². The highest BCUT2D eigenvalue weighted by Crippen LogP contribution is 2.26. The van der Waals surface area contributed by atoms with Crippen molar-refractivity contribution in [3.63, 3.8) is 0 Å². The summed E-state index contributed by atoms with van der Waals surface area (Å²) in [4.78, 5) is 27.5. The van der Waals surface area contributed by atoms with Crippen LogP contribution in [-0.2, 0) is 0 Å². The monoisotopic (exact) mass is 311 g/mol. The van der Waals surface area contributed by atoms with Crippen molar-refractivity contribution in [1.29, 1.82) is 0 Å². The molecule has 20 heavy (non-hydrogen) atoms. The van der Waals surface area contributed by atoms with Gasteiger partial charge in [0, 0.05) is 16.0 Å². The molecule has 1 heterocycles. The van der Waals surface area contributed by atoms with Crippen molar-refractivity contribution >= 4 is 39.7 Å². The molecule has 2 aromatic rings. The second-order valence-corrected chi connectivity index (χ2v) is 5.67. The molecule has 0 aliphatic heterocycles. The minimum atomic E-state index is -0.640. The number of nitro benzene ring substituents is 1. The summed E-state index contributed by atoms with van der Waals surface area (Å²) in [6.07, 6.45) is 0. The molecular formula is C12H10ClN3O3S. The molecule has 1 aromatic carbocycles. The molecule has 0 radical (unpaired) electrons. The number of nitrogens with zero attached hydrogens (tertiary/aromatic N) is 2. The first-order valence-electron chi connectivity index (χ1n) is 5.58. The number of amides is 1. The normalized spacial score (nSPS) is 10.3. The molecule has 0 unspecified atom stereocenters. The van der Waals surface area contributed by atoms with Gasteiger partial charge in [0.05, 0.1) is 10.6 Å². The molecule has 0 aliphatic rings. The number of hydrogen-bond donors (Lipinski definition) is 1. The summed E-state index contributed by atoms with van der Waals surface area (Å²) in [5, 5.41) is 14.1. The van der Waals surface area contributed by atoms with Crippen LogP contribution >= 0.6 is 22.9 Å². The predicted octanol–water partition coefficient (Wildman–Crippen LogP) is 3.57. The topological polar surface area (TPSA) is 85.1 Å². The lowest BCUT2D eigenvalue weighted by atomic mass is 10.1. The van der Waals surface area contributed by atoms with Crippen LogP contribution in [0.15, 0.2) is 18.2 Å². The van der Waals surface area contributed by atoms with Gasteiger partial charge in [-0.3, -0.25) is 20.2 Å². The van der Waals surface area contributed by atoms with E-state index in [1.54, 1.807) is 0 Å². The van der Waals surface area contributed by atoms with Crippen LogP contribution in [0.2, 0.25) is 5.02 Å². The lowest BCUT2D eigenvalue weighted by Crippen LogP contribution is -2.13. The smallest absolute Gasteiger partial charge is 0.283 e. The number of carbonyl (C=O) groups excluding carboxylic acids is 1. The minimum Gasteiger partial charge on any atom is -0.298 e. The van der Waals surface area contributed by atoms with Crippen LogP contribution in [0.25, 0.3) is 0 Å². The van der Waals surface area contributed by atoms with Crippen molar-refractivity contribution in [2.24, 2.45) is 0 Å². The van der Waals surface area contributed by atoms with E-state index < -0.39 is 10.8 Å². The average molecular weight is 312 g/mol. The van der Waals surface area contributed by atoms with Gasteiger partial charge >= 0.3 is 0 Å². The molecule has 1 aromatic heterocycles. The average Bonchev–Trinajstić information content (AvgIpc) is 2.67. The van der Waals surface area contributed by atoms with Crippen molar-refractivity contribution in [2.45, 2.75) is 13.8 Å². The van der Waals surface area contributed by atoms with Crippen LogP contribution < -0.4 is 5.32 Å². The van der Waals surface area contributed by atoms with Gasteiger partial charge in [-0.2, -0.15) is 0 Å². The fraction of sp³-hybridized carbons (Fsp3) is 0.167. The second-order valence-electron chi connectivity index (χ2n) is 4.03. The fourth-order valence-corrected chi connectivity index (χ4v) is 2.51. The molecule has 0 spiro atoms. The van der Waals surface area contributed by atoms with Crippen molar-refractivity contribution in [3.05, 3.63) is 49.5 Å². The first-order valence-corrected chi connectivity index (χ1v) is 6.77. The molecule has 2 rings (SSSR count). The first-order chi connectivity index (χ1) is 9.38. The molecule has 0 fully saturated rings. The highest BCUT2D eigenvalue weighted by atomic mass is 35.5. The number of halogens is 1. The Labute approximate surface area is 123 Å². The van der Waals surface area contributed by atoms with Crippen molar-refractivity contribution < 1.29 is 9.72 Å². The third-order valence-corrected chi connectivity index (χ3v) is 3.87. The maximum atomic E-state index is 12.1. The van der Waals surface area contributed by atoms with E-state index in [-0.39, 0.29) is 16.3 Å². The van der Waals surface area contributed by atoms with E-state index in [2.05, 4.69) is 10.3 Å². The predicted molar refractivity (Wildman–Crippen MR) is 77.6 cm³/mol. The van der Waals surface area contributed by atoms with Crippen LogP contribution in [0.1, 0.15) is 20.9 Å². The van der Waals surface area contributed by atoms with E-state index in [9.17, 15) is 14.9 Å². The molecule has 0 atom stereocenters. The number of nitro groups is 1. The lowest BCUT2D eigenvalue weighted by molar-refractivity contribution is -0.385. The molecule has 0 saturated heterocycles. The third-order valence-electron chi connectivity index (χ3n) is 2.65. The lowest BCUT2D eigenvalue weighted by Gasteiger charge is -2.03. The summed E-state index contributed by atoms with van der Waals surface area (Å²) < 4.78 is 0. The van der Waals surface area contributed by atoms with Crippen LogP contribution in [0.5, 0.6) is 0 Å². The molecule has 1 N–H and O–H groups in total. The van der Waals surface area contributed by atoms with Gasteiger partial charge in [0.1, 0.15) is 5.56 Å². The molecule has 0 bridgehead atoms. The number of aryl methyl sites for hydroxylation is 2. The van der Waals surface area contributed by atoms with Crippen LogP contribution in [-0.4, -0.2) is 15.8 Å². The van der Waals surface area contributed by atoms with Gasteiger partial charge in [0.25, 0.3) is 11.6 Å². The summed E-state index contributed by atoms with van der Waals surface area (Å²) in [5.74, 6) is -0.581. The van der Waals surface area contributed by atoms with E-state index in [1.807, 2.05) is 13.8 Å². The van der Waals surface area contributed by atoms with Gasteiger partial charge in [-0.05, 0) is 26.0 Å². The zero-order valence-corrected chi connectivity index (χ0v) is 12.2. The fourth-order valence-electron chi connectivity index (χ4n) is 1.54. The third kappa shape index (κ3) is 2.94. The Morgan fingerprint density at radius 1 is 1.45 bits per heavy atom. The maximum absolute atomic E-state index is 12.1.